The van der Waals surface area contributed by atoms with Crippen molar-refractivity contribution in [1.29, 1.82) is 0 Å². The summed E-state index contributed by atoms with van der Waals surface area (Å²) in [5.74, 6) is 1.04. The Morgan fingerprint density at radius 1 is 1.53 bits per heavy atom. The predicted molar refractivity (Wildman–Crippen MR) is 64.0 cm³/mol. The first-order chi connectivity index (χ1) is 7.31. The number of nitrogens with two attached hydrogens (primary N) is 1. The number of aryl methyl sites for hydroxylation is 2. The monoisotopic (exact) mass is 221 g/mol. The summed E-state index contributed by atoms with van der Waals surface area (Å²) in [5, 5.41) is 2.07. The third-order valence-electron chi connectivity index (χ3n) is 2.31. The van der Waals surface area contributed by atoms with Crippen LogP contribution in [0.3, 0.4) is 0 Å². The van der Waals surface area contributed by atoms with Gasteiger partial charge in [0.15, 0.2) is 0 Å². The van der Waals surface area contributed by atoms with Crippen LogP contribution in [0.25, 0.3) is 10.6 Å². The Labute approximate surface area is 93.4 Å². The second-order valence-electron chi connectivity index (χ2n) is 3.53. The van der Waals surface area contributed by atoms with Crippen molar-refractivity contribution in [3.8, 4) is 10.6 Å². The number of rotatable bonds is 4. The molecule has 15 heavy (non-hydrogen) atoms. The molecule has 0 amide bonds. The highest BCUT2D eigenvalue weighted by Crippen LogP contribution is 2.25. The van der Waals surface area contributed by atoms with E-state index in [0.717, 1.165) is 30.1 Å². The lowest BCUT2D eigenvalue weighted by Crippen LogP contribution is -2.01. The summed E-state index contributed by atoms with van der Waals surface area (Å²) >= 11 is 1.72. The van der Waals surface area contributed by atoms with E-state index in [9.17, 15) is 0 Å². The highest BCUT2D eigenvalue weighted by molar-refractivity contribution is 7.13. The molecule has 4 heteroatoms. The number of imidazole rings is 1. The lowest BCUT2D eigenvalue weighted by atomic mass is 10.3. The molecule has 0 unspecified atom stereocenters. The SMILES string of the molecule is Cc1[nH]c(CCCN)nc1-c1cccs1. The third-order valence-corrected chi connectivity index (χ3v) is 3.18. The Kier molecular flexibility index (Phi) is 3.18. The van der Waals surface area contributed by atoms with Crippen molar-refractivity contribution in [2.45, 2.75) is 19.8 Å². The molecule has 0 aliphatic heterocycles. The number of hydrogen-bond acceptors (Lipinski definition) is 3. The quantitative estimate of drug-likeness (QED) is 0.832. The van der Waals surface area contributed by atoms with Crippen LogP contribution in [-0.2, 0) is 6.42 Å². The van der Waals surface area contributed by atoms with Gasteiger partial charge in [0.2, 0.25) is 0 Å². The molecule has 2 rings (SSSR count). The standard InChI is InChI=1S/C11H15N3S/c1-8-11(9-4-3-7-15-9)14-10(13-8)5-2-6-12/h3-4,7H,2,5-6,12H2,1H3,(H,13,14). The van der Waals surface area contributed by atoms with Crippen molar-refractivity contribution in [1.82, 2.24) is 9.97 Å². The van der Waals surface area contributed by atoms with Gasteiger partial charge in [-0.3, -0.25) is 0 Å². The first-order valence-corrected chi connectivity index (χ1v) is 5.98. The number of thiophene rings is 1. The van der Waals surface area contributed by atoms with Gasteiger partial charge >= 0.3 is 0 Å². The normalized spacial score (nSPS) is 10.8. The Hall–Kier alpha value is -1.13. The van der Waals surface area contributed by atoms with E-state index in [1.54, 1.807) is 11.3 Å². The lowest BCUT2D eigenvalue weighted by Gasteiger charge is -1.92. The molecule has 0 atom stereocenters. The summed E-state index contributed by atoms with van der Waals surface area (Å²) in [6.45, 7) is 2.78. The van der Waals surface area contributed by atoms with Crippen LogP contribution in [0.2, 0.25) is 0 Å². The Morgan fingerprint density at radius 3 is 3.07 bits per heavy atom. The van der Waals surface area contributed by atoms with Crippen LogP contribution in [-0.4, -0.2) is 16.5 Å². The average Bonchev–Trinajstić information content (AvgIpc) is 2.83. The van der Waals surface area contributed by atoms with Gasteiger partial charge in [0.25, 0.3) is 0 Å². The molecule has 0 radical (unpaired) electrons. The van der Waals surface area contributed by atoms with Crippen LogP contribution in [0, 0.1) is 6.92 Å². The maximum Gasteiger partial charge on any atom is 0.107 e. The molecule has 2 heterocycles. The van der Waals surface area contributed by atoms with Gasteiger partial charge in [0.05, 0.1) is 4.88 Å². The molecular formula is C11H15N3S. The minimum atomic E-state index is 0.716. The molecule has 0 spiro atoms. The van der Waals surface area contributed by atoms with Crippen LogP contribution in [0.15, 0.2) is 17.5 Å². The van der Waals surface area contributed by atoms with E-state index >= 15 is 0 Å². The van der Waals surface area contributed by atoms with Crippen molar-refractivity contribution in [2.24, 2.45) is 5.73 Å². The largest absolute Gasteiger partial charge is 0.346 e. The fraction of sp³-hybridized carbons (Fsp3) is 0.364. The Morgan fingerprint density at radius 2 is 2.40 bits per heavy atom. The second-order valence-corrected chi connectivity index (χ2v) is 4.47. The summed E-state index contributed by atoms with van der Waals surface area (Å²) < 4.78 is 0. The number of aromatic amines is 1. The first kappa shape index (κ1) is 10.4. The van der Waals surface area contributed by atoms with Crippen LogP contribution in [0.5, 0.6) is 0 Å². The van der Waals surface area contributed by atoms with Crippen molar-refractivity contribution >= 4 is 11.3 Å². The summed E-state index contributed by atoms with van der Waals surface area (Å²) in [5.41, 5.74) is 7.70. The van der Waals surface area contributed by atoms with Crippen LogP contribution in [0.1, 0.15) is 17.9 Å². The van der Waals surface area contributed by atoms with Crippen molar-refractivity contribution in [3.05, 3.63) is 29.0 Å². The zero-order valence-corrected chi connectivity index (χ0v) is 9.60. The summed E-state index contributed by atoms with van der Waals surface area (Å²) in [7, 11) is 0. The van der Waals surface area contributed by atoms with E-state index in [1.807, 2.05) is 6.07 Å². The first-order valence-electron chi connectivity index (χ1n) is 5.10. The third kappa shape index (κ3) is 2.27. The van der Waals surface area contributed by atoms with Gasteiger partial charge in [-0.15, -0.1) is 11.3 Å². The molecule has 0 aliphatic rings. The second kappa shape index (κ2) is 4.59. The fourth-order valence-corrected chi connectivity index (χ4v) is 2.33. The van der Waals surface area contributed by atoms with E-state index in [1.165, 1.54) is 4.88 Å². The maximum atomic E-state index is 5.48. The topological polar surface area (TPSA) is 54.7 Å². The fourth-order valence-electron chi connectivity index (χ4n) is 1.56. The number of H-pyrrole nitrogens is 1. The molecule has 0 aromatic carbocycles. The van der Waals surface area contributed by atoms with Gasteiger partial charge in [-0.25, -0.2) is 4.98 Å². The zero-order valence-electron chi connectivity index (χ0n) is 8.79. The predicted octanol–water partition coefficient (Wildman–Crippen LogP) is 2.34. The zero-order chi connectivity index (χ0) is 10.7. The molecule has 3 nitrogen and oxygen atoms in total. The minimum absolute atomic E-state index is 0.716. The van der Waals surface area contributed by atoms with Crippen molar-refractivity contribution in [2.75, 3.05) is 6.54 Å². The number of aromatic nitrogens is 2. The molecule has 0 aliphatic carbocycles. The molecule has 2 aromatic rings. The van der Waals surface area contributed by atoms with Gasteiger partial charge in [-0.1, -0.05) is 6.07 Å². The highest BCUT2D eigenvalue weighted by Gasteiger charge is 2.08. The van der Waals surface area contributed by atoms with Gasteiger partial charge in [-0.2, -0.15) is 0 Å². The summed E-state index contributed by atoms with van der Waals surface area (Å²) in [4.78, 5) is 9.12. The van der Waals surface area contributed by atoms with Gasteiger partial charge < -0.3 is 10.7 Å². The van der Waals surface area contributed by atoms with Crippen molar-refractivity contribution < 1.29 is 0 Å². The summed E-state index contributed by atoms with van der Waals surface area (Å²) in [6, 6.07) is 4.15. The summed E-state index contributed by atoms with van der Waals surface area (Å²) in [6.07, 6.45) is 1.92. The molecule has 0 bridgehead atoms. The molecule has 2 aromatic heterocycles. The smallest absolute Gasteiger partial charge is 0.107 e. The Bertz CT molecular complexity index is 417. The lowest BCUT2D eigenvalue weighted by molar-refractivity contribution is 0.792. The Balaban J connectivity index is 2.22. The van der Waals surface area contributed by atoms with E-state index in [4.69, 9.17) is 5.73 Å². The van der Waals surface area contributed by atoms with E-state index in [2.05, 4.69) is 28.3 Å². The van der Waals surface area contributed by atoms with Gasteiger partial charge in [0.1, 0.15) is 11.5 Å². The van der Waals surface area contributed by atoms with Gasteiger partial charge in [0, 0.05) is 12.1 Å². The van der Waals surface area contributed by atoms with E-state index in [-0.39, 0.29) is 0 Å². The van der Waals surface area contributed by atoms with Crippen molar-refractivity contribution in [3.63, 3.8) is 0 Å². The highest BCUT2D eigenvalue weighted by atomic mass is 32.1. The number of nitrogens with one attached hydrogen (secondary N) is 1. The van der Waals surface area contributed by atoms with E-state index < -0.39 is 0 Å². The molecule has 0 saturated carbocycles. The number of nitrogens with zero attached hydrogens (tertiary/aromatic N) is 1. The molecule has 0 saturated heterocycles. The molecule has 3 N–H and O–H groups in total. The maximum absolute atomic E-state index is 5.48. The van der Waals surface area contributed by atoms with Crippen LogP contribution >= 0.6 is 11.3 Å². The van der Waals surface area contributed by atoms with E-state index in [0.29, 0.717) is 6.54 Å². The van der Waals surface area contributed by atoms with Crippen LogP contribution in [0.4, 0.5) is 0 Å². The molecule has 80 valence electrons. The number of hydrogen-bond donors (Lipinski definition) is 2. The molecule has 0 fully saturated rings. The molecular weight excluding hydrogens is 206 g/mol. The van der Waals surface area contributed by atoms with Gasteiger partial charge in [-0.05, 0) is 31.3 Å². The minimum Gasteiger partial charge on any atom is -0.346 e. The average molecular weight is 221 g/mol. The van der Waals surface area contributed by atoms with Crippen LogP contribution < -0.4 is 5.73 Å².